The summed E-state index contributed by atoms with van der Waals surface area (Å²) < 4.78 is 6.12. The largest absolute Gasteiger partial charge is 0.485 e. The van der Waals surface area contributed by atoms with Crippen LogP contribution in [0.5, 0.6) is 0 Å². The van der Waals surface area contributed by atoms with Crippen LogP contribution in [-0.2, 0) is 9.53 Å². The topological polar surface area (TPSA) is 80.1 Å². The van der Waals surface area contributed by atoms with Crippen LogP contribution in [0.2, 0.25) is 0 Å². The van der Waals surface area contributed by atoms with Crippen molar-refractivity contribution in [2.24, 2.45) is 5.41 Å². The number of hydrogen-bond acceptors (Lipinski definition) is 5. The average Bonchev–Trinajstić information content (AvgIpc) is 3.06. The van der Waals surface area contributed by atoms with Gasteiger partial charge < -0.3 is 4.74 Å². The summed E-state index contributed by atoms with van der Waals surface area (Å²) in [6.45, 7) is 4.06. The van der Waals surface area contributed by atoms with Gasteiger partial charge in [-0.05, 0) is 35.2 Å². The minimum atomic E-state index is -0.828. The fourth-order valence-corrected chi connectivity index (χ4v) is 4.07. The third-order valence-corrected chi connectivity index (χ3v) is 5.34. The molecule has 4 rings (SSSR count). The zero-order chi connectivity index (χ0) is 19.9. The van der Waals surface area contributed by atoms with Crippen molar-refractivity contribution in [3.63, 3.8) is 0 Å². The lowest BCUT2D eigenvalue weighted by atomic mass is 9.72. The molecule has 0 unspecified atom stereocenters. The Morgan fingerprint density at radius 3 is 2.57 bits per heavy atom. The van der Waals surface area contributed by atoms with Crippen LogP contribution in [-0.4, -0.2) is 22.7 Å². The molecule has 0 saturated carbocycles. The highest BCUT2D eigenvalue weighted by atomic mass is 16.5. The average molecular weight is 372 g/mol. The number of ether oxygens (including phenoxy) is 1. The van der Waals surface area contributed by atoms with Gasteiger partial charge in [-0.1, -0.05) is 32.0 Å². The van der Waals surface area contributed by atoms with Gasteiger partial charge in [0.15, 0.2) is 11.9 Å². The first-order valence-electron chi connectivity index (χ1n) is 9.28. The second-order valence-electron chi connectivity index (χ2n) is 8.11. The number of carbonyl (C=O) groups excluding carboxylic acids is 2. The van der Waals surface area contributed by atoms with Crippen molar-refractivity contribution < 1.29 is 14.3 Å². The third-order valence-electron chi connectivity index (χ3n) is 5.34. The van der Waals surface area contributed by atoms with E-state index in [0.717, 1.165) is 5.56 Å². The molecule has 2 atom stereocenters. The minimum Gasteiger partial charge on any atom is -0.485 e. The Kier molecular flexibility index (Phi) is 4.35. The summed E-state index contributed by atoms with van der Waals surface area (Å²) in [7, 11) is 0. The number of Topliss-reactive ketones (excluding diaryl/α,β-unsaturated/α-hetero) is 2. The quantitative estimate of drug-likeness (QED) is 0.762. The number of aromatic nitrogens is 1. The van der Waals surface area contributed by atoms with Crippen molar-refractivity contribution >= 4 is 11.6 Å². The molecule has 0 bridgehead atoms. The molecule has 0 amide bonds. The summed E-state index contributed by atoms with van der Waals surface area (Å²) in [4.78, 5) is 30.3. The maximum Gasteiger partial charge on any atom is 0.222 e. The Morgan fingerprint density at radius 1 is 1.18 bits per heavy atom. The molecule has 0 spiro atoms. The second-order valence-corrected chi connectivity index (χ2v) is 8.11. The van der Waals surface area contributed by atoms with Gasteiger partial charge in [-0.2, -0.15) is 5.26 Å². The van der Waals surface area contributed by atoms with Crippen molar-refractivity contribution in [1.29, 1.82) is 5.26 Å². The molecule has 0 fully saturated rings. The van der Waals surface area contributed by atoms with E-state index in [1.54, 1.807) is 48.7 Å². The Labute approximate surface area is 163 Å². The number of hydrogen-bond donors (Lipinski definition) is 0. The summed E-state index contributed by atoms with van der Waals surface area (Å²) in [5.74, 6) is -0.0855. The number of nitrogens with zero attached hydrogens (tertiary/aromatic N) is 2. The van der Waals surface area contributed by atoms with Crippen LogP contribution in [0, 0.1) is 16.7 Å². The molecular weight excluding hydrogens is 352 g/mol. The minimum absolute atomic E-state index is 0.0249. The second kappa shape index (κ2) is 6.72. The standard InChI is InChI=1S/C23H20N2O3/c1-23(2)11-17(26)20-18(12-23)28-22(21(27)16-5-3-4-10-25-16)19(20)15-8-6-14(13-24)7-9-15/h3-10,19,22H,11-12H2,1-2H3/t19-,22-/m1/s1. The van der Waals surface area contributed by atoms with Gasteiger partial charge in [-0.3, -0.25) is 14.6 Å². The van der Waals surface area contributed by atoms with Gasteiger partial charge in [0.25, 0.3) is 0 Å². The normalized spacial score (nSPS) is 23.0. The number of rotatable bonds is 3. The molecule has 2 aromatic rings. The van der Waals surface area contributed by atoms with E-state index in [9.17, 15) is 9.59 Å². The van der Waals surface area contributed by atoms with E-state index in [2.05, 4.69) is 11.1 Å². The van der Waals surface area contributed by atoms with E-state index in [4.69, 9.17) is 10.00 Å². The van der Waals surface area contributed by atoms with Crippen molar-refractivity contribution in [1.82, 2.24) is 4.98 Å². The lowest BCUT2D eigenvalue weighted by Crippen LogP contribution is -2.30. The van der Waals surface area contributed by atoms with E-state index < -0.39 is 12.0 Å². The zero-order valence-corrected chi connectivity index (χ0v) is 15.8. The number of pyridine rings is 1. The van der Waals surface area contributed by atoms with Crippen molar-refractivity contribution in [2.45, 2.75) is 38.7 Å². The van der Waals surface area contributed by atoms with E-state index in [-0.39, 0.29) is 17.0 Å². The van der Waals surface area contributed by atoms with E-state index >= 15 is 0 Å². The fraction of sp³-hybridized carbons (Fsp3) is 0.304. The predicted molar refractivity (Wildman–Crippen MR) is 102 cm³/mol. The molecule has 0 radical (unpaired) electrons. The molecule has 28 heavy (non-hydrogen) atoms. The number of nitriles is 1. The molecule has 5 heteroatoms. The predicted octanol–water partition coefficient (Wildman–Crippen LogP) is 3.96. The summed E-state index contributed by atoms with van der Waals surface area (Å²) >= 11 is 0. The third kappa shape index (κ3) is 3.11. The van der Waals surface area contributed by atoms with Crippen LogP contribution in [0.4, 0.5) is 0 Å². The van der Waals surface area contributed by atoms with Crippen molar-refractivity contribution in [3.8, 4) is 6.07 Å². The smallest absolute Gasteiger partial charge is 0.222 e. The zero-order valence-electron chi connectivity index (χ0n) is 15.8. The van der Waals surface area contributed by atoms with Crippen molar-refractivity contribution in [2.75, 3.05) is 0 Å². The van der Waals surface area contributed by atoms with Crippen LogP contribution < -0.4 is 0 Å². The Morgan fingerprint density at radius 2 is 1.93 bits per heavy atom. The van der Waals surface area contributed by atoms with E-state index in [1.165, 1.54) is 0 Å². The molecular formula is C23H20N2O3. The first-order chi connectivity index (χ1) is 13.4. The van der Waals surface area contributed by atoms with Gasteiger partial charge in [0.05, 0.1) is 17.6 Å². The first kappa shape index (κ1) is 18.1. The number of allylic oxidation sites excluding steroid dienone is 1. The number of benzene rings is 1. The van der Waals surface area contributed by atoms with Gasteiger partial charge in [0.1, 0.15) is 11.5 Å². The first-order valence-corrected chi connectivity index (χ1v) is 9.28. The monoisotopic (exact) mass is 372 g/mol. The van der Waals surface area contributed by atoms with Gasteiger partial charge in [-0.15, -0.1) is 0 Å². The van der Waals surface area contributed by atoms with Gasteiger partial charge in [0, 0.05) is 24.6 Å². The highest BCUT2D eigenvalue weighted by Gasteiger charge is 2.49. The highest BCUT2D eigenvalue weighted by molar-refractivity contribution is 6.04. The molecule has 0 saturated heterocycles. The summed E-state index contributed by atoms with van der Waals surface area (Å²) in [6, 6.07) is 14.3. The van der Waals surface area contributed by atoms with Gasteiger partial charge >= 0.3 is 0 Å². The van der Waals surface area contributed by atoms with Crippen LogP contribution in [0.1, 0.15) is 54.2 Å². The summed E-state index contributed by atoms with van der Waals surface area (Å²) in [5.41, 5.74) is 2.04. The Balaban J connectivity index is 1.79. The molecule has 1 aliphatic heterocycles. The number of carbonyl (C=O) groups is 2. The molecule has 1 aromatic carbocycles. The molecule has 1 aliphatic carbocycles. The SMILES string of the molecule is CC1(C)CC(=O)C2=C(C1)O[C@@H](C(=O)c1ccccn1)[C@@H]2c1ccc(C#N)cc1. The molecule has 2 heterocycles. The van der Waals surface area contributed by atoms with E-state index in [0.29, 0.717) is 35.4 Å². The maximum atomic E-state index is 13.2. The van der Waals surface area contributed by atoms with Gasteiger partial charge in [-0.25, -0.2) is 0 Å². The van der Waals surface area contributed by atoms with E-state index in [1.807, 2.05) is 13.8 Å². The highest BCUT2D eigenvalue weighted by Crippen LogP contribution is 2.49. The van der Waals surface area contributed by atoms with Gasteiger partial charge in [0.2, 0.25) is 5.78 Å². The lowest BCUT2D eigenvalue weighted by molar-refractivity contribution is -0.118. The van der Waals surface area contributed by atoms with Crippen LogP contribution in [0.25, 0.3) is 0 Å². The number of ketones is 2. The van der Waals surface area contributed by atoms with Crippen LogP contribution in [0.15, 0.2) is 60.0 Å². The summed E-state index contributed by atoms with van der Waals surface area (Å²) in [6.07, 6.45) is 1.78. The molecule has 5 nitrogen and oxygen atoms in total. The Hall–Kier alpha value is -3.26. The molecule has 1 aromatic heterocycles. The fourth-order valence-electron chi connectivity index (χ4n) is 4.07. The van der Waals surface area contributed by atoms with Crippen LogP contribution >= 0.6 is 0 Å². The molecule has 0 N–H and O–H groups in total. The van der Waals surface area contributed by atoms with Crippen LogP contribution in [0.3, 0.4) is 0 Å². The van der Waals surface area contributed by atoms with Crippen molar-refractivity contribution in [3.05, 3.63) is 76.8 Å². The maximum absolute atomic E-state index is 13.2. The summed E-state index contributed by atoms with van der Waals surface area (Å²) in [5, 5.41) is 9.07. The molecule has 140 valence electrons. The molecule has 2 aliphatic rings. The Bertz CT molecular complexity index is 1010. The lowest BCUT2D eigenvalue weighted by Gasteiger charge is -2.29.